The Balaban J connectivity index is 2.69. The number of carbonyl (C=O) groups is 2. The van der Waals surface area contributed by atoms with Gasteiger partial charge in [0.05, 0.1) is 7.11 Å². The standard InChI is InChI=1S/C16H24N2O3/c1-12(2)8-9-17-16(20)11-18(13(3)19)14-6-5-7-15(10-14)21-4/h5-7,10,12H,8-9,11H2,1-4H3,(H,17,20). The maximum absolute atomic E-state index is 11.9. The van der Waals surface area contributed by atoms with Crippen LogP contribution in [0.25, 0.3) is 0 Å². The van der Waals surface area contributed by atoms with Crippen molar-refractivity contribution >= 4 is 17.5 Å². The van der Waals surface area contributed by atoms with Crippen LogP contribution in [0.15, 0.2) is 24.3 Å². The number of nitrogens with one attached hydrogen (secondary N) is 1. The molecule has 0 saturated heterocycles. The summed E-state index contributed by atoms with van der Waals surface area (Å²) in [6.07, 6.45) is 0.922. The van der Waals surface area contributed by atoms with Gasteiger partial charge in [0.2, 0.25) is 11.8 Å². The van der Waals surface area contributed by atoms with Crippen LogP contribution in [0.2, 0.25) is 0 Å². The average Bonchev–Trinajstić information content (AvgIpc) is 2.44. The molecule has 0 spiro atoms. The molecule has 21 heavy (non-hydrogen) atoms. The van der Waals surface area contributed by atoms with Gasteiger partial charge in [0, 0.05) is 25.2 Å². The highest BCUT2D eigenvalue weighted by atomic mass is 16.5. The fourth-order valence-corrected chi connectivity index (χ4v) is 1.86. The highest BCUT2D eigenvalue weighted by Crippen LogP contribution is 2.20. The summed E-state index contributed by atoms with van der Waals surface area (Å²) in [4.78, 5) is 25.1. The molecule has 116 valence electrons. The highest BCUT2D eigenvalue weighted by molar-refractivity contribution is 5.97. The molecule has 0 aromatic heterocycles. The first-order valence-electron chi connectivity index (χ1n) is 7.13. The average molecular weight is 292 g/mol. The Kier molecular flexibility index (Phi) is 6.72. The molecule has 0 aliphatic carbocycles. The summed E-state index contributed by atoms with van der Waals surface area (Å²) < 4.78 is 5.14. The fourth-order valence-electron chi connectivity index (χ4n) is 1.86. The lowest BCUT2D eigenvalue weighted by Crippen LogP contribution is -2.40. The van der Waals surface area contributed by atoms with Crippen molar-refractivity contribution in [2.45, 2.75) is 27.2 Å². The van der Waals surface area contributed by atoms with E-state index in [0.717, 1.165) is 6.42 Å². The summed E-state index contributed by atoms with van der Waals surface area (Å²) in [6, 6.07) is 7.11. The van der Waals surface area contributed by atoms with Crippen LogP contribution < -0.4 is 15.0 Å². The Morgan fingerprint density at radius 3 is 2.62 bits per heavy atom. The molecule has 0 fully saturated rings. The second-order valence-corrected chi connectivity index (χ2v) is 5.34. The second kappa shape index (κ2) is 8.29. The van der Waals surface area contributed by atoms with Gasteiger partial charge in [-0.2, -0.15) is 0 Å². The summed E-state index contributed by atoms with van der Waals surface area (Å²) in [5.41, 5.74) is 0.654. The molecule has 1 aromatic rings. The normalized spacial score (nSPS) is 10.3. The van der Waals surface area contributed by atoms with E-state index < -0.39 is 0 Å². The maximum atomic E-state index is 11.9. The number of carbonyl (C=O) groups excluding carboxylic acids is 2. The molecular formula is C16H24N2O3. The molecular weight excluding hydrogens is 268 g/mol. The number of methoxy groups -OCH3 is 1. The zero-order chi connectivity index (χ0) is 15.8. The number of amides is 2. The molecule has 1 N–H and O–H groups in total. The van der Waals surface area contributed by atoms with E-state index in [-0.39, 0.29) is 18.4 Å². The van der Waals surface area contributed by atoms with Crippen LogP contribution in [0.3, 0.4) is 0 Å². The molecule has 0 radical (unpaired) electrons. The SMILES string of the molecule is COc1cccc(N(CC(=O)NCCC(C)C)C(C)=O)c1. The molecule has 0 aliphatic heterocycles. The van der Waals surface area contributed by atoms with Gasteiger partial charge in [0.1, 0.15) is 12.3 Å². The number of anilines is 1. The molecule has 1 rings (SSSR count). The van der Waals surface area contributed by atoms with E-state index in [1.165, 1.54) is 11.8 Å². The zero-order valence-electron chi connectivity index (χ0n) is 13.2. The fraction of sp³-hybridized carbons (Fsp3) is 0.500. The summed E-state index contributed by atoms with van der Waals surface area (Å²) in [7, 11) is 1.57. The van der Waals surface area contributed by atoms with E-state index in [0.29, 0.717) is 23.9 Å². The van der Waals surface area contributed by atoms with Gasteiger partial charge in [-0.1, -0.05) is 19.9 Å². The quantitative estimate of drug-likeness (QED) is 0.838. The van der Waals surface area contributed by atoms with E-state index >= 15 is 0 Å². The second-order valence-electron chi connectivity index (χ2n) is 5.34. The Bertz CT molecular complexity index is 486. The minimum atomic E-state index is -0.178. The summed E-state index contributed by atoms with van der Waals surface area (Å²) in [5, 5.41) is 2.83. The van der Waals surface area contributed by atoms with Crippen molar-refractivity contribution in [3.05, 3.63) is 24.3 Å². The van der Waals surface area contributed by atoms with Crippen molar-refractivity contribution in [3.8, 4) is 5.75 Å². The third kappa shape index (κ3) is 5.85. The van der Waals surface area contributed by atoms with Gasteiger partial charge in [0.15, 0.2) is 0 Å². The minimum Gasteiger partial charge on any atom is -0.497 e. The van der Waals surface area contributed by atoms with Crippen molar-refractivity contribution in [3.63, 3.8) is 0 Å². The number of nitrogens with zero attached hydrogens (tertiary/aromatic N) is 1. The van der Waals surface area contributed by atoms with Crippen molar-refractivity contribution in [1.29, 1.82) is 0 Å². The lowest BCUT2D eigenvalue weighted by molar-refractivity contribution is -0.123. The Labute approximate surface area is 126 Å². The lowest BCUT2D eigenvalue weighted by Gasteiger charge is -2.21. The maximum Gasteiger partial charge on any atom is 0.240 e. The predicted octanol–water partition coefficient (Wildman–Crippen LogP) is 2.21. The topological polar surface area (TPSA) is 58.6 Å². The van der Waals surface area contributed by atoms with E-state index in [1.807, 2.05) is 0 Å². The number of hydrogen-bond donors (Lipinski definition) is 1. The highest BCUT2D eigenvalue weighted by Gasteiger charge is 2.16. The van der Waals surface area contributed by atoms with E-state index in [9.17, 15) is 9.59 Å². The minimum absolute atomic E-state index is 0.0145. The molecule has 0 bridgehead atoms. The zero-order valence-corrected chi connectivity index (χ0v) is 13.2. The molecule has 5 heteroatoms. The molecule has 5 nitrogen and oxygen atoms in total. The summed E-state index contributed by atoms with van der Waals surface area (Å²) >= 11 is 0. The Morgan fingerprint density at radius 1 is 1.33 bits per heavy atom. The van der Waals surface area contributed by atoms with Crippen LogP contribution in [0.1, 0.15) is 27.2 Å². The van der Waals surface area contributed by atoms with Crippen LogP contribution in [0.5, 0.6) is 5.75 Å². The first kappa shape index (κ1) is 17.0. The molecule has 0 unspecified atom stereocenters. The van der Waals surface area contributed by atoms with Crippen LogP contribution in [-0.2, 0) is 9.59 Å². The lowest BCUT2D eigenvalue weighted by atomic mass is 10.1. The summed E-state index contributed by atoms with van der Waals surface area (Å²) in [5.74, 6) is 0.850. The van der Waals surface area contributed by atoms with Gasteiger partial charge < -0.3 is 15.0 Å². The van der Waals surface area contributed by atoms with Gasteiger partial charge in [-0.3, -0.25) is 9.59 Å². The van der Waals surface area contributed by atoms with Gasteiger partial charge in [-0.05, 0) is 24.5 Å². The van der Waals surface area contributed by atoms with Crippen LogP contribution in [0.4, 0.5) is 5.69 Å². The van der Waals surface area contributed by atoms with Gasteiger partial charge in [-0.15, -0.1) is 0 Å². The van der Waals surface area contributed by atoms with E-state index in [1.54, 1.807) is 31.4 Å². The van der Waals surface area contributed by atoms with Crippen LogP contribution in [0, 0.1) is 5.92 Å². The van der Waals surface area contributed by atoms with Crippen molar-refractivity contribution in [2.24, 2.45) is 5.92 Å². The Hall–Kier alpha value is -2.04. The molecule has 0 aliphatic rings. The molecule has 0 saturated carbocycles. The number of hydrogen-bond acceptors (Lipinski definition) is 3. The van der Waals surface area contributed by atoms with E-state index in [4.69, 9.17) is 4.74 Å². The first-order valence-corrected chi connectivity index (χ1v) is 7.13. The largest absolute Gasteiger partial charge is 0.497 e. The number of ether oxygens (including phenoxy) is 1. The van der Waals surface area contributed by atoms with E-state index in [2.05, 4.69) is 19.2 Å². The first-order chi connectivity index (χ1) is 9.93. The summed E-state index contributed by atoms with van der Waals surface area (Å²) in [6.45, 7) is 6.29. The number of rotatable bonds is 7. The van der Waals surface area contributed by atoms with Gasteiger partial charge in [0.25, 0.3) is 0 Å². The third-order valence-electron chi connectivity index (χ3n) is 3.09. The smallest absolute Gasteiger partial charge is 0.240 e. The van der Waals surface area contributed by atoms with Crippen LogP contribution in [-0.4, -0.2) is 32.0 Å². The monoisotopic (exact) mass is 292 g/mol. The Morgan fingerprint density at radius 2 is 2.05 bits per heavy atom. The third-order valence-corrected chi connectivity index (χ3v) is 3.09. The van der Waals surface area contributed by atoms with Crippen molar-refractivity contribution < 1.29 is 14.3 Å². The molecule has 0 heterocycles. The number of benzene rings is 1. The molecule has 0 atom stereocenters. The molecule has 2 amide bonds. The van der Waals surface area contributed by atoms with Crippen molar-refractivity contribution in [1.82, 2.24) is 5.32 Å². The van der Waals surface area contributed by atoms with Gasteiger partial charge in [-0.25, -0.2) is 0 Å². The van der Waals surface area contributed by atoms with Crippen molar-refractivity contribution in [2.75, 3.05) is 25.1 Å². The molecule has 1 aromatic carbocycles. The van der Waals surface area contributed by atoms with Gasteiger partial charge >= 0.3 is 0 Å². The van der Waals surface area contributed by atoms with Crippen LogP contribution >= 0.6 is 0 Å². The predicted molar refractivity (Wildman–Crippen MR) is 83.5 cm³/mol.